The van der Waals surface area contributed by atoms with Gasteiger partial charge in [0.1, 0.15) is 23.3 Å². The van der Waals surface area contributed by atoms with Gasteiger partial charge in [0.2, 0.25) is 5.90 Å². The standard InChI is InChI=1S/C58H63N3O2/c1-34(2)43-23-17-24-44(35(3)4)51(43)39-28-40(56-60-52(37-19-13-11-14-20-37)54(63-56)38-21-15-12-16-22-38)30-42(29-39)62-50-33-49-47(27-36(50)5)58(9,10)48-32-41(57(6,7)8)31-46-45-25-18-26-59-55(45)61(49)53(46)48/h12,15-18,21-35,37,52,54H,11,13-14,19-20H2,1-10H3/t52-,54-/m1/s1. The van der Waals surface area contributed by atoms with Crippen molar-refractivity contribution >= 4 is 27.8 Å². The summed E-state index contributed by atoms with van der Waals surface area (Å²) in [7, 11) is 0. The van der Waals surface area contributed by atoms with Gasteiger partial charge in [-0.25, -0.2) is 9.98 Å². The fourth-order valence-electron chi connectivity index (χ4n) is 11.0. The number of hydrogen-bond donors (Lipinski definition) is 0. The van der Waals surface area contributed by atoms with Gasteiger partial charge in [0.05, 0.1) is 17.2 Å². The maximum absolute atomic E-state index is 7.25. The van der Waals surface area contributed by atoms with Gasteiger partial charge in [-0.05, 0) is 135 Å². The number of aromatic nitrogens is 2. The van der Waals surface area contributed by atoms with Crippen molar-refractivity contribution in [1.29, 1.82) is 0 Å². The Morgan fingerprint density at radius 3 is 2.16 bits per heavy atom. The molecular formula is C58H63N3O2. The van der Waals surface area contributed by atoms with E-state index in [1.165, 1.54) is 87.3 Å². The van der Waals surface area contributed by atoms with Gasteiger partial charge in [-0.2, -0.15) is 0 Å². The Morgan fingerprint density at radius 2 is 1.46 bits per heavy atom. The van der Waals surface area contributed by atoms with E-state index in [-0.39, 0.29) is 23.0 Å². The Kier molecular flexibility index (Phi) is 10.2. The van der Waals surface area contributed by atoms with Gasteiger partial charge in [0.25, 0.3) is 0 Å². The van der Waals surface area contributed by atoms with Crippen molar-refractivity contribution in [1.82, 2.24) is 9.55 Å². The van der Waals surface area contributed by atoms with Gasteiger partial charge in [-0.1, -0.05) is 136 Å². The molecule has 2 aliphatic heterocycles. The number of ether oxygens (including phenoxy) is 2. The molecule has 1 aliphatic carbocycles. The molecule has 4 heterocycles. The Bertz CT molecular complexity index is 2890. The van der Waals surface area contributed by atoms with E-state index in [0.717, 1.165) is 39.5 Å². The highest BCUT2D eigenvalue weighted by molar-refractivity contribution is 6.10. The highest BCUT2D eigenvalue weighted by Crippen LogP contribution is 2.51. The molecule has 0 radical (unpaired) electrons. The van der Waals surface area contributed by atoms with E-state index in [1.807, 2.05) is 6.20 Å². The van der Waals surface area contributed by atoms with Crippen LogP contribution in [0, 0.1) is 12.8 Å². The summed E-state index contributed by atoms with van der Waals surface area (Å²) in [5.74, 6) is 3.47. The van der Waals surface area contributed by atoms with Crippen LogP contribution in [0.4, 0.5) is 0 Å². The summed E-state index contributed by atoms with van der Waals surface area (Å²) in [5.41, 5.74) is 15.3. The van der Waals surface area contributed by atoms with E-state index in [0.29, 0.717) is 23.7 Å². The smallest absolute Gasteiger partial charge is 0.217 e. The van der Waals surface area contributed by atoms with Crippen molar-refractivity contribution < 1.29 is 9.47 Å². The number of nitrogens with zero attached hydrogens (tertiary/aromatic N) is 3. The Hall–Kier alpha value is -5.68. The van der Waals surface area contributed by atoms with Crippen LogP contribution < -0.4 is 4.74 Å². The predicted molar refractivity (Wildman–Crippen MR) is 261 cm³/mol. The van der Waals surface area contributed by atoms with E-state index in [2.05, 4.69) is 177 Å². The minimum Gasteiger partial charge on any atom is -0.467 e. The van der Waals surface area contributed by atoms with E-state index in [9.17, 15) is 0 Å². The quantitative estimate of drug-likeness (QED) is 0.153. The summed E-state index contributed by atoms with van der Waals surface area (Å²) in [4.78, 5) is 10.6. The monoisotopic (exact) mass is 833 g/mol. The second-order valence-corrected chi connectivity index (χ2v) is 20.9. The van der Waals surface area contributed by atoms with Crippen LogP contribution in [0.3, 0.4) is 0 Å². The predicted octanol–water partition coefficient (Wildman–Crippen LogP) is 15.6. The maximum Gasteiger partial charge on any atom is 0.217 e. The summed E-state index contributed by atoms with van der Waals surface area (Å²) in [6, 6.07) is 38.1. The zero-order valence-corrected chi connectivity index (χ0v) is 39.0. The summed E-state index contributed by atoms with van der Waals surface area (Å²) in [6.07, 6.45) is 8.00. The van der Waals surface area contributed by atoms with E-state index in [4.69, 9.17) is 19.5 Å². The van der Waals surface area contributed by atoms with E-state index in [1.54, 1.807) is 0 Å². The van der Waals surface area contributed by atoms with Gasteiger partial charge in [0, 0.05) is 34.0 Å². The molecule has 0 amide bonds. The number of aliphatic imine (C=N–C) groups is 1. The van der Waals surface area contributed by atoms with Crippen molar-refractivity contribution in [3.05, 3.63) is 154 Å². The molecule has 1 saturated carbocycles. The molecule has 0 unspecified atom stereocenters. The topological polar surface area (TPSA) is 48.6 Å². The molecule has 0 N–H and O–H groups in total. The molecule has 5 heteroatoms. The lowest BCUT2D eigenvalue weighted by Gasteiger charge is -2.36. The molecule has 3 aliphatic rings. The number of benzene rings is 5. The van der Waals surface area contributed by atoms with Crippen molar-refractivity contribution in [3.63, 3.8) is 0 Å². The molecule has 63 heavy (non-hydrogen) atoms. The van der Waals surface area contributed by atoms with Crippen LogP contribution in [0.2, 0.25) is 0 Å². The highest BCUT2D eigenvalue weighted by atomic mass is 16.5. The average Bonchev–Trinajstić information content (AvgIpc) is 3.87. The number of rotatable bonds is 8. The number of aryl methyl sites for hydroxylation is 1. The van der Waals surface area contributed by atoms with Crippen molar-refractivity contribution in [2.24, 2.45) is 10.9 Å². The first-order valence-electron chi connectivity index (χ1n) is 23.5. The minimum absolute atomic E-state index is 0.00134. The normalized spacial score (nSPS) is 18.6. The first-order valence-corrected chi connectivity index (χ1v) is 23.5. The second-order valence-electron chi connectivity index (χ2n) is 20.9. The molecular weight excluding hydrogens is 771 g/mol. The summed E-state index contributed by atoms with van der Waals surface area (Å²) in [5, 5.41) is 2.42. The lowest BCUT2D eigenvalue weighted by Crippen LogP contribution is -2.27. The van der Waals surface area contributed by atoms with Crippen molar-refractivity contribution in [2.75, 3.05) is 0 Å². The van der Waals surface area contributed by atoms with Crippen LogP contribution in [0.5, 0.6) is 11.5 Å². The molecule has 5 nitrogen and oxygen atoms in total. The minimum atomic E-state index is -0.258. The van der Waals surface area contributed by atoms with Gasteiger partial charge in [-0.15, -0.1) is 0 Å². The highest BCUT2D eigenvalue weighted by Gasteiger charge is 2.40. The van der Waals surface area contributed by atoms with Crippen molar-refractivity contribution in [3.8, 4) is 28.3 Å². The van der Waals surface area contributed by atoms with Crippen molar-refractivity contribution in [2.45, 2.75) is 136 Å². The van der Waals surface area contributed by atoms with Crippen LogP contribution in [-0.4, -0.2) is 21.5 Å². The van der Waals surface area contributed by atoms with Gasteiger partial charge in [-0.3, -0.25) is 4.57 Å². The molecule has 0 bridgehead atoms. The van der Waals surface area contributed by atoms with E-state index < -0.39 is 0 Å². The average molecular weight is 834 g/mol. The number of pyridine rings is 1. The first kappa shape index (κ1) is 41.3. The molecule has 2 aromatic heterocycles. The molecule has 10 rings (SSSR count). The van der Waals surface area contributed by atoms with Crippen LogP contribution in [0.1, 0.15) is 157 Å². The third-order valence-electron chi connectivity index (χ3n) is 14.5. The van der Waals surface area contributed by atoms with Crippen LogP contribution in [0.25, 0.3) is 38.8 Å². The molecule has 0 saturated heterocycles. The number of hydrogen-bond acceptors (Lipinski definition) is 4. The third kappa shape index (κ3) is 7.07. The Balaban J connectivity index is 1.15. The summed E-state index contributed by atoms with van der Waals surface area (Å²) in [6.45, 7) is 23.1. The Morgan fingerprint density at radius 1 is 0.746 bits per heavy atom. The van der Waals surface area contributed by atoms with E-state index >= 15 is 0 Å². The molecule has 7 aromatic rings. The lowest BCUT2D eigenvalue weighted by molar-refractivity contribution is 0.150. The van der Waals surface area contributed by atoms with Gasteiger partial charge in [0.15, 0.2) is 0 Å². The zero-order valence-electron chi connectivity index (χ0n) is 39.0. The SMILES string of the molecule is Cc1cc2c(cc1Oc1cc(C3=N[C@H](C4CCCCC4)[C@@H](c4ccccc4)O3)cc(-c3c(C(C)C)cccc3C(C)C)c1)-n1c3ncccc3c3cc(C(C)(C)C)cc(c31)C2(C)C. The Labute approximate surface area is 374 Å². The molecule has 0 spiro atoms. The molecule has 2 atom stereocenters. The second kappa shape index (κ2) is 15.5. The molecule has 1 fully saturated rings. The van der Waals surface area contributed by atoms with Crippen LogP contribution in [-0.2, 0) is 15.6 Å². The number of fused-ring (bicyclic) bond motifs is 5. The first-order chi connectivity index (χ1) is 30.2. The van der Waals surface area contributed by atoms with Crippen LogP contribution >= 0.6 is 0 Å². The lowest BCUT2D eigenvalue weighted by atomic mass is 9.72. The fourth-order valence-corrected chi connectivity index (χ4v) is 11.0. The van der Waals surface area contributed by atoms with Gasteiger partial charge >= 0.3 is 0 Å². The fraction of sp³-hybridized carbons (Fsp3) is 0.379. The molecule has 322 valence electrons. The summed E-state index contributed by atoms with van der Waals surface area (Å²) < 4.78 is 16.7. The van der Waals surface area contributed by atoms with Gasteiger partial charge < -0.3 is 9.47 Å². The summed E-state index contributed by atoms with van der Waals surface area (Å²) >= 11 is 0. The maximum atomic E-state index is 7.25. The third-order valence-corrected chi connectivity index (χ3v) is 14.5. The largest absolute Gasteiger partial charge is 0.467 e. The zero-order chi connectivity index (χ0) is 43.9. The van der Waals surface area contributed by atoms with Crippen LogP contribution in [0.15, 0.2) is 114 Å². The molecule has 5 aromatic carbocycles.